The molecule has 3 heterocycles. The number of amides is 1. The number of hydrogen-bond donors (Lipinski definition) is 0. The molecule has 1 aliphatic rings. The fourth-order valence-electron chi connectivity index (χ4n) is 3.37. The lowest BCUT2D eigenvalue weighted by molar-refractivity contribution is -0.146. The van der Waals surface area contributed by atoms with Gasteiger partial charge < -0.3 is 9.47 Å². The fraction of sp³-hybridized carbons (Fsp3) is 0.300. The van der Waals surface area contributed by atoms with Crippen molar-refractivity contribution in [2.45, 2.75) is 25.6 Å². The highest BCUT2D eigenvalue weighted by Gasteiger charge is 2.44. The fourth-order valence-corrected chi connectivity index (χ4v) is 4.50. The van der Waals surface area contributed by atoms with Crippen molar-refractivity contribution >= 4 is 38.9 Å². The zero-order chi connectivity index (χ0) is 20.1. The SMILES string of the molecule is CCC1(F)CN(C(=O)Cn2ccc3scc(-c4ccc(F)c(Cl)c4)c3c2=O)C1. The lowest BCUT2D eigenvalue weighted by atomic mass is 9.93. The molecule has 2 aromatic heterocycles. The van der Waals surface area contributed by atoms with E-state index in [-0.39, 0.29) is 36.1 Å². The van der Waals surface area contributed by atoms with Gasteiger partial charge in [-0.05, 0) is 30.2 Å². The molecule has 4 nitrogen and oxygen atoms in total. The van der Waals surface area contributed by atoms with Crippen molar-refractivity contribution in [1.82, 2.24) is 9.47 Å². The molecule has 1 amide bonds. The molecule has 0 bridgehead atoms. The Hall–Kier alpha value is -2.25. The number of alkyl halides is 1. The van der Waals surface area contributed by atoms with Gasteiger partial charge >= 0.3 is 0 Å². The Morgan fingerprint density at radius 2 is 2.07 bits per heavy atom. The summed E-state index contributed by atoms with van der Waals surface area (Å²) in [6, 6.07) is 6.07. The van der Waals surface area contributed by atoms with Gasteiger partial charge in [-0.1, -0.05) is 24.6 Å². The minimum atomic E-state index is -1.31. The first-order valence-corrected chi connectivity index (χ1v) is 10.1. The highest BCUT2D eigenvalue weighted by atomic mass is 35.5. The molecule has 0 aliphatic carbocycles. The predicted molar refractivity (Wildman–Crippen MR) is 107 cm³/mol. The van der Waals surface area contributed by atoms with E-state index in [4.69, 9.17) is 11.6 Å². The number of rotatable bonds is 4. The first-order chi connectivity index (χ1) is 13.3. The monoisotopic (exact) mass is 422 g/mol. The van der Waals surface area contributed by atoms with E-state index in [9.17, 15) is 18.4 Å². The van der Waals surface area contributed by atoms with Crippen LogP contribution < -0.4 is 5.56 Å². The summed E-state index contributed by atoms with van der Waals surface area (Å²) in [6.45, 7) is 1.74. The van der Waals surface area contributed by atoms with Crippen LogP contribution in [0.3, 0.4) is 0 Å². The summed E-state index contributed by atoms with van der Waals surface area (Å²) in [5, 5.41) is 2.25. The van der Waals surface area contributed by atoms with Gasteiger partial charge in [-0.2, -0.15) is 0 Å². The summed E-state index contributed by atoms with van der Waals surface area (Å²) in [7, 11) is 0. The molecule has 146 valence electrons. The molecule has 1 aliphatic heterocycles. The van der Waals surface area contributed by atoms with Gasteiger partial charge in [0.05, 0.1) is 23.5 Å². The minimum Gasteiger partial charge on any atom is -0.335 e. The van der Waals surface area contributed by atoms with Crippen LogP contribution in [-0.2, 0) is 11.3 Å². The van der Waals surface area contributed by atoms with E-state index in [0.717, 1.165) is 4.70 Å². The van der Waals surface area contributed by atoms with Gasteiger partial charge in [0.25, 0.3) is 5.56 Å². The van der Waals surface area contributed by atoms with E-state index in [2.05, 4.69) is 0 Å². The van der Waals surface area contributed by atoms with E-state index in [1.165, 1.54) is 32.9 Å². The zero-order valence-electron chi connectivity index (χ0n) is 15.0. The average Bonchev–Trinajstić information content (AvgIpc) is 3.08. The Balaban J connectivity index is 1.66. The number of carbonyl (C=O) groups is 1. The van der Waals surface area contributed by atoms with Crippen LogP contribution >= 0.6 is 22.9 Å². The van der Waals surface area contributed by atoms with Crippen molar-refractivity contribution in [2.24, 2.45) is 0 Å². The van der Waals surface area contributed by atoms with Crippen molar-refractivity contribution in [3.05, 3.63) is 57.0 Å². The third-order valence-corrected chi connectivity index (χ3v) is 6.41. The molecule has 0 spiro atoms. The van der Waals surface area contributed by atoms with Crippen LogP contribution in [0, 0.1) is 5.82 Å². The normalized spacial score (nSPS) is 15.6. The molecule has 8 heteroatoms. The lowest BCUT2D eigenvalue weighted by Gasteiger charge is -2.44. The van der Waals surface area contributed by atoms with Gasteiger partial charge in [-0.25, -0.2) is 8.78 Å². The Morgan fingerprint density at radius 3 is 2.75 bits per heavy atom. The molecule has 0 unspecified atom stereocenters. The van der Waals surface area contributed by atoms with Gasteiger partial charge in [-0.15, -0.1) is 11.3 Å². The van der Waals surface area contributed by atoms with Crippen molar-refractivity contribution in [2.75, 3.05) is 13.1 Å². The van der Waals surface area contributed by atoms with E-state index in [0.29, 0.717) is 22.9 Å². The number of halogens is 3. The highest BCUT2D eigenvalue weighted by Crippen LogP contribution is 2.34. The van der Waals surface area contributed by atoms with Crippen LogP contribution in [-0.4, -0.2) is 34.1 Å². The minimum absolute atomic E-state index is 0.0216. The number of benzene rings is 1. The smallest absolute Gasteiger partial charge is 0.260 e. The maximum absolute atomic E-state index is 14.0. The molecule has 0 saturated carbocycles. The van der Waals surface area contributed by atoms with E-state index < -0.39 is 11.5 Å². The van der Waals surface area contributed by atoms with Crippen molar-refractivity contribution in [3.8, 4) is 11.1 Å². The van der Waals surface area contributed by atoms with Crippen LogP contribution in [0.2, 0.25) is 5.02 Å². The maximum atomic E-state index is 14.0. The van der Waals surface area contributed by atoms with Gasteiger partial charge in [0.15, 0.2) is 0 Å². The first kappa shape index (κ1) is 19.1. The van der Waals surface area contributed by atoms with E-state index in [1.807, 2.05) is 5.38 Å². The second-order valence-corrected chi connectivity index (χ2v) is 8.34. The average molecular weight is 423 g/mol. The third kappa shape index (κ3) is 3.22. The summed E-state index contributed by atoms with van der Waals surface area (Å²) in [5.74, 6) is -0.816. The molecule has 1 saturated heterocycles. The Kier molecular flexibility index (Phi) is 4.75. The molecule has 1 fully saturated rings. The second kappa shape index (κ2) is 6.97. The van der Waals surface area contributed by atoms with E-state index in [1.54, 1.807) is 25.3 Å². The molecular formula is C20H17ClF2N2O2S. The Morgan fingerprint density at radius 1 is 1.32 bits per heavy atom. The molecule has 0 atom stereocenters. The summed E-state index contributed by atoms with van der Waals surface area (Å²) >= 11 is 7.27. The van der Waals surface area contributed by atoms with Crippen LogP contribution in [0.5, 0.6) is 0 Å². The van der Waals surface area contributed by atoms with Crippen LogP contribution in [0.1, 0.15) is 13.3 Å². The van der Waals surface area contributed by atoms with Gasteiger partial charge in [0, 0.05) is 21.8 Å². The van der Waals surface area contributed by atoms with Crippen molar-refractivity contribution in [1.29, 1.82) is 0 Å². The number of thiophene rings is 1. The Labute approximate surface area is 169 Å². The van der Waals surface area contributed by atoms with Crippen LogP contribution in [0.4, 0.5) is 8.78 Å². The summed E-state index contributed by atoms with van der Waals surface area (Å²) < 4.78 is 29.6. The molecule has 0 N–H and O–H groups in total. The number of pyridine rings is 1. The number of carbonyl (C=O) groups excluding carboxylic acids is 1. The second-order valence-electron chi connectivity index (χ2n) is 7.02. The molecule has 4 rings (SSSR count). The number of likely N-dealkylation sites (tertiary alicyclic amines) is 1. The van der Waals surface area contributed by atoms with Gasteiger partial charge in [0.1, 0.15) is 18.0 Å². The molecule has 28 heavy (non-hydrogen) atoms. The standard InChI is InChI=1S/C20H17ClF2N2O2S/c1-2-20(23)10-25(11-20)17(26)8-24-6-5-16-18(19(24)27)13(9-28-16)12-3-4-15(22)14(21)7-12/h3-7,9H,2,8,10-11H2,1H3. The van der Waals surface area contributed by atoms with Crippen molar-refractivity contribution < 1.29 is 13.6 Å². The molecule has 0 radical (unpaired) electrons. The third-order valence-electron chi connectivity index (χ3n) is 5.17. The lowest BCUT2D eigenvalue weighted by Crippen LogP contribution is -2.61. The highest BCUT2D eigenvalue weighted by molar-refractivity contribution is 7.17. The zero-order valence-corrected chi connectivity index (χ0v) is 16.6. The summed E-state index contributed by atoms with van der Waals surface area (Å²) in [4.78, 5) is 26.8. The Bertz CT molecular complexity index is 1130. The van der Waals surface area contributed by atoms with Crippen LogP contribution in [0.25, 0.3) is 21.2 Å². The van der Waals surface area contributed by atoms with Gasteiger partial charge in [0.2, 0.25) is 5.91 Å². The number of fused-ring (bicyclic) bond motifs is 1. The molecule has 3 aromatic rings. The summed E-state index contributed by atoms with van der Waals surface area (Å²) in [6.07, 6.45) is 1.93. The predicted octanol–water partition coefficient (Wildman–Crippen LogP) is 4.48. The number of hydrogen-bond acceptors (Lipinski definition) is 3. The molecular weight excluding hydrogens is 406 g/mol. The van der Waals surface area contributed by atoms with Crippen molar-refractivity contribution in [3.63, 3.8) is 0 Å². The van der Waals surface area contributed by atoms with Gasteiger partial charge in [-0.3, -0.25) is 9.59 Å². The maximum Gasteiger partial charge on any atom is 0.260 e. The topological polar surface area (TPSA) is 42.3 Å². The number of aromatic nitrogens is 1. The largest absolute Gasteiger partial charge is 0.335 e. The molecule has 1 aromatic carbocycles. The van der Waals surface area contributed by atoms with E-state index >= 15 is 0 Å². The summed E-state index contributed by atoms with van der Waals surface area (Å²) in [5.41, 5.74) is -0.351. The van der Waals surface area contributed by atoms with Crippen LogP contribution in [0.15, 0.2) is 40.6 Å². The number of nitrogens with zero attached hydrogens (tertiary/aromatic N) is 2. The first-order valence-electron chi connectivity index (χ1n) is 8.84. The quantitative estimate of drug-likeness (QED) is 0.622.